The topological polar surface area (TPSA) is 20.3 Å². The van der Waals surface area contributed by atoms with Crippen LogP contribution < -0.4 is 0 Å². The summed E-state index contributed by atoms with van der Waals surface area (Å²) in [5, 5.41) is 0. The molecule has 1 aromatic rings. The predicted octanol–water partition coefficient (Wildman–Crippen LogP) is 3.43. The van der Waals surface area contributed by atoms with Crippen LogP contribution in [-0.4, -0.2) is 17.4 Å². The zero-order valence-corrected chi connectivity index (χ0v) is 12.0. The van der Waals surface area contributed by atoms with Gasteiger partial charge in [-0.2, -0.15) is 0 Å². The second-order valence-corrected chi connectivity index (χ2v) is 7.07. The average Bonchev–Trinajstić information content (AvgIpc) is 2.34. The van der Waals surface area contributed by atoms with E-state index in [1.165, 1.54) is 25.3 Å². The lowest BCUT2D eigenvalue weighted by molar-refractivity contribution is -0.140. The van der Waals surface area contributed by atoms with E-state index >= 15 is 0 Å². The first-order chi connectivity index (χ1) is 10.0. The highest BCUT2D eigenvalue weighted by Crippen LogP contribution is 2.66. The molecule has 21 heavy (non-hydrogen) atoms. The van der Waals surface area contributed by atoms with Crippen molar-refractivity contribution in [1.29, 1.82) is 0 Å². The Kier molecular flexibility index (Phi) is 2.85. The quantitative estimate of drug-likeness (QED) is 0.835. The van der Waals surface area contributed by atoms with Gasteiger partial charge in [-0.1, -0.05) is 0 Å². The lowest BCUT2D eigenvalue weighted by Gasteiger charge is -2.62. The first-order valence-corrected chi connectivity index (χ1v) is 7.79. The molecule has 4 heteroatoms. The lowest BCUT2D eigenvalue weighted by Crippen LogP contribution is -2.52. The van der Waals surface area contributed by atoms with Crippen molar-refractivity contribution in [2.75, 3.05) is 6.54 Å². The molecule has 5 rings (SSSR count). The summed E-state index contributed by atoms with van der Waals surface area (Å²) in [7, 11) is 0. The summed E-state index contributed by atoms with van der Waals surface area (Å²) < 4.78 is 27.0. The zero-order valence-electron chi connectivity index (χ0n) is 12.0. The number of carbonyl (C=O) groups is 1. The van der Waals surface area contributed by atoms with Gasteiger partial charge >= 0.3 is 0 Å². The van der Waals surface area contributed by atoms with Crippen molar-refractivity contribution in [3.8, 4) is 0 Å². The molecule has 0 unspecified atom stereocenters. The SMILES string of the molecule is O=C(CCC12CC(C1)C2)N1CCc2cc(F)cc(F)c2C1. The van der Waals surface area contributed by atoms with Gasteiger partial charge in [-0.3, -0.25) is 4.79 Å². The van der Waals surface area contributed by atoms with Crippen molar-refractivity contribution >= 4 is 5.91 Å². The van der Waals surface area contributed by atoms with E-state index in [4.69, 9.17) is 0 Å². The maximum Gasteiger partial charge on any atom is 0.222 e. The maximum atomic E-state index is 13.8. The fraction of sp³-hybridized carbons (Fsp3) is 0.588. The van der Waals surface area contributed by atoms with Gasteiger partial charge in [0, 0.05) is 31.1 Å². The average molecular weight is 291 g/mol. The van der Waals surface area contributed by atoms with Gasteiger partial charge in [0.15, 0.2) is 0 Å². The molecule has 3 saturated carbocycles. The van der Waals surface area contributed by atoms with Crippen molar-refractivity contribution < 1.29 is 13.6 Å². The lowest BCUT2D eigenvalue weighted by atomic mass is 9.43. The Hall–Kier alpha value is -1.45. The van der Waals surface area contributed by atoms with Gasteiger partial charge in [-0.05, 0) is 55.1 Å². The van der Waals surface area contributed by atoms with Crippen LogP contribution >= 0.6 is 0 Å². The number of carbonyl (C=O) groups excluding carboxylic acids is 1. The summed E-state index contributed by atoms with van der Waals surface area (Å²) in [5.41, 5.74) is 1.67. The van der Waals surface area contributed by atoms with Crippen molar-refractivity contribution in [2.45, 2.75) is 45.1 Å². The maximum absolute atomic E-state index is 13.8. The summed E-state index contributed by atoms with van der Waals surface area (Å²) in [6, 6.07) is 2.30. The summed E-state index contributed by atoms with van der Waals surface area (Å²) in [5.74, 6) is -0.00312. The molecule has 0 saturated heterocycles. The molecule has 2 bridgehead atoms. The molecule has 1 aliphatic heterocycles. The van der Waals surface area contributed by atoms with E-state index in [2.05, 4.69) is 0 Å². The van der Waals surface area contributed by atoms with Crippen molar-refractivity contribution in [2.24, 2.45) is 11.3 Å². The Balaban J connectivity index is 1.41. The van der Waals surface area contributed by atoms with Gasteiger partial charge in [-0.15, -0.1) is 0 Å². The third-order valence-corrected chi connectivity index (χ3v) is 5.64. The molecule has 2 nitrogen and oxygen atoms in total. The third kappa shape index (κ3) is 2.16. The fourth-order valence-corrected chi connectivity index (χ4v) is 4.29. The van der Waals surface area contributed by atoms with Crippen LogP contribution in [0.1, 0.15) is 43.2 Å². The fourth-order valence-electron chi connectivity index (χ4n) is 4.29. The summed E-state index contributed by atoms with van der Waals surface area (Å²) in [4.78, 5) is 14.1. The predicted molar refractivity (Wildman–Crippen MR) is 74.5 cm³/mol. The summed E-state index contributed by atoms with van der Waals surface area (Å²) >= 11 is 0. The molecule has 1 amide bonds. The molecule has 1 heterocycles. The van der Waals surface area contributed by atoms with Crippen LogP contribution in [-0.2, 0) is 17.8 Å². The number of hydrogen-bond acceptors (Lipinski definition) is 1. The number of rotatable bonds is 3. The minimum absolute atomic E-state index is 0.120. The largest absolute Gasteiger partial charge is 0.338 e. The minimum Gasteiger partial charge on any atom is -0.338 e. The van der Waals surface area contributed by atoms with Crippen LogP contribution in [0.3, 0.4) is 0 Å². The van der Waals surface area contributed by atoms with E-state index in [-0.39, 0.29) is 12.5 Å². The molecule has 0 radical (unpaired) electrons. The van der Waals surface area contributed by atoms with Crippen molar-refractivity contribution in [3.05, 3.63) is 34.9 Å². The Morgan fingerprint density at radius 2 is 2.05 bits per heavy atom. The van der Waals surface area contributed by atoms with Crippen LogP contribution in [0.5, 0.6) is 0 Å². The highest BCUT2D eigenvalue weighted by atomic mass is 19.1. The number of fused-ring (bicyclic) bond motifs is 1. The molecule has 3 aliphatic carbocycles. The zero-order chi connectivity index (χ0) is 14.6. The molecular formula is C17H19F2NO. The van der Waals surface area contributed by atoms with Gasteiger partial charge in [-0.25, -0.2) is 8.78 Å². The molecule has 0 aromatic heterocycles. The van der Waals surface area contributed by atoms with E-state index in [1.807, 2.05) is 0 Å². The van der Waals surface area contributed by atoms with E-state index in [0.29, 0.717) is 35.9 Å². The number of amides is 1. The van der Waals surface area contributed by atoms with Crippen molar-refractivity contribution in [1.82, 2.24) is 4.90 Å². The second kappa shape index (κ2) is 4.52. The van der Waals surface area contributed by atoms with Crippen LogP contribution in [0.15, 0.2) is 12.1 Å². The normalized spacial score (nSPS) is 29.4. The highest BCUT2D eigenvalue weighted by molar-refractivity contribution is 5.76. The van der Waals surface area contributed by atoms with Crippen LogP contribution in [0.4, 0.5) is 8.78 Å². The van der Waals surface area contributed by atoms with E-state index in [0.717, 1.165) is 18.4 Å². The van der Waals surface area contributed by atoms with Gasteiger partial charge in [0.05, 0.1) is 0 Å². The standard InChI is InChI=1S/C17H19F2NO/c18-13-5-12-2-4-20(10-14(12)15(19)6-13)16(21)1-3-17-7-11(8-17)9-17/h5-6,11H,1-4,7-10H2. The number of benzene rings is 1. The smallest absolute Gasteiger partial charge is 0.222 e. The molecule has 0 N–H and O–H groups in total. The Labute approximate surface area is 123 Å². The first-order valence-electron chi connectivity index (χ1n) is 7.79. The number of halogens is 2. The van der Waals surface area contributed by atoms with E-state index in [1.54, 1.807) is 4.90 Å². The Bertz CT molecular complexity index is 596. The molecule has 112 valence electrons. The van der Waals surface area contributed by atoms with Gasteiger partial charge < -0.3 is 4.90 Å². The van der Waals surface area contributed by atoms with Gasteiger partial charge in [0.2, 0.25) is 5.91 Å². The van der Waals surface area contributed by atoms with Crippen LogP contribution in [0, 0.1) is 23.0 Å². The molecule has 3 fully saturated rings. The Morgan fingerprint density at radius 1 is 1.29 bits per heavy atom. The van der Waals surface area contributed by atoms with E-state index in [9.17, 15) is 13.6 Å². The van der Waals surface area contributed by atoms with Gasteiger partial charge in [0.25, 0.3) is 0 Å². The Morgan fingerprint density at radius 3 is 2.71 bits per heavy atom. The molecule has 4 aliphatic rings. The minimum atomic E-state index is -0.533. The second-order valence-electron chi connectivity index (χ2n) is 7.07. The highest BCUT2D eigenvalue weighted by Gasteiger charge is 2.55. The van der Waals surface area contributed by atoms with Crippen LogP contribution in [0.25, 0.3) is 0 Å². The third-order valence-electron chi connectivity index (χ3n) is 5.64. The van der Waals surface area contributed by atoms with Crippen LogP contribution in [0.2, 0.25) is 0 Å². The van der Waals surface area contributed by atoms with Crippen molar-refractivity contribution in [3.63, 3.8) is 0 Å². The molecule has 0 spiro atoms. The molecule has 0 atom stereocenters. The number of hydrogen-bond donors (Lipinski definition) is 0. The van der Waals surface area contributed by atoms with Gasteiger partial charge in [0.1, 0.15) is 11.6 Å². The first kappa shape index (κ1) is 13.2. The summed E-state index contributed by atoms with van der Waals surface area (Å²) in [6.07, 6.45) is 6.01. The number of nitrogens with zero attached hydrogens (tertiary/aromatic N) is 1. The van der Waals surface area contributed by atoms with E-state index < -0.39 is 11.6 Å². The molecular weight excluding hydrogens is 272 g/mol. The molecule has 1 aromatic carbocycles. The summed E-state index contributed by atoms with van der Waals surface area (Å²) in [6.45, 7) is 0.861. The monoisotopic (exact) mass is 291 g/mol.